The molecule has 1 aromatic heterocycles. The van der Waals surface area contributed by atoms with Crippen molar-refractivity contribution in [1.82, 2.24) is 0 Å². The zero-order valence-corrected chi connectivity index (χ0v) is 13.2. The van der Waals surface area contributed by atoms with Crippen LogP contribution < -0.4 is 0 Å². The van der Waals surface area contributed by atoms with Gasteiger partial charge in [-0.05, 0) is 84.7 Å². The van der Waals surface area contributed by atoms with Crippen LogP contribution in [0.1, 0.15) is 22.3 Å². The Bertz CT molecular complexity index is 781. The zero-order valence-electron chi connectivity index (χ0n) is 11.0. The molecule has 0 saturated heterocycles. The lowest BCUT2D eigenvalue weighted by molar-refractivity contribution is 0.662. The van der Waals surface area contributed by atoms with E-state index in [2.05, 4.69) is 68.5 Å². The third kappa shape index (κ3) is 1.58. The molecule has 92 valence electrons. The molecule has 3 aromatic rings. The van der Waals surface area contributed by atoms with E-state index in [-0.39, 0.29) is 0 Å². The minimum Gasteiger partial charge on any atom is -0.455 e. The molecule has 0 aliphatic rings. The van der Waals surface area contributed by atoms with Crippen LogP contribution >= 0.6 is 22.6 Å². The molecular weight excluding hydrogens is 335 g/mol. The molecule has 1 heterocycles. The summed E-state index contributed by atoms with van der Waals surface area (Å²) in [5, 5.41) is 2.48. The Morgan fingerprint density at radius 1 is 0.833 bits per heavy atom. The molecule has 1 nitrogen and oxygen atoms in total. The molecular formula is C16H15IO. The molecule has 3 rings (SSSR count). The molecule has 0 fully saturated rings. The molecule has 0 N–H and O–H groups in total. The lowest BCUT2D eigenvalue weighted by atomic mass is 10.0. The van der Waals surface area contributed by atoms with Gasteiger partial charge in [-0.25, -0.2) is 0 Å². The second-order valence-corrected chi connectivity index (χ2v) is 6.15. The fourth-order valence-electron chi connectivity index (χ4n) is 2.54. The number of hydrogen-bond acceptors (Lipinski definition) is 1. The molecule has 0 bridgehead atoms. The van der Waals surface area contributed by atoms with Crippen LogP contribution in [0.15, 0.2) is 22.6 Å². The van der Waals surface area contributed by atoms with Crippen LogP contribution in [0.3, 0.4) is 0 Å². The summed E-state index contributed by atoms with van der Waals surface area (Å²) < 4.78 is 7.33. The van der Waals surface area contributed by atoms with Crippen molar-refractivity contribution in [2.24, 2.45) is 0 Å². The van der Waals surface area contributed by atoms with Gasteiger partial charge in [-0.2, -0.15) is 0 Å². The van der Waals surface area contributed by atoms with Gasteiger partial charge in [0.25, 0.3) is 0 Å². The highest BCUT2D eigenvalue weighted by atomic mass is 127. The van der Waals surface area contributed by atoms with E-state index in [0.717, 1.165) is 11.2 Å². The van der Waals surface area contributed by atoms with Gasteiger partial charge in [-0.3, -0.25) is 0 Å². The topological polar surface area (TPSA) is 13.1 Å². The Morgan fingerprint density at radius 2 is 1.50 bits per heavy atom. The summed E-state index contributed by atoms with van der Waals surface area (Å²) in [4.78, 5) is 0. The number of hydrogen-bond donors (Lipinski definition) is 0. The molecule has 0 spiro atoms. The molecule has 18 heavy (non-hydrogen) atoms. The Hall–Kier alpha value is -1.03. The smallest absolute Gasteiger partial charge is 0.149 e. The maximum Gasteiger partial charge on any atom is 0.149 e. The monoisotopic (exact) mass is 350 g/mol. The molecule has 0 radical (unpaired) electrons. The lowest BCUT2D eigenvalue weighted by Crippen LogP contribution is -1.86. The quantitative estimate of drug-likeness (QED) is 0.493. The summed E-state index contributed by atoms with van der Waals surface area (Å²) >= 11 is 2.39. The van der Waals surface area contributed by atoms with Crippen LogP contribution in [-0.2, 0) is 0 Å². The SMILES string of the molecule is Cc1cc(C)c2oc3c(I)c(C)c(C)cc3c2c1. The van der Waals surface area contributed by atoms with Crippen LogP contribution in [0.25, 0.3) is 21.9 Å². The maximum absolute atomic E-state index is 6.10. The first-order valence-electron chi connectivity index (χ1n) is 6.08. The van der Waals surface area contributed by atoms with Crippen molar-refractivity contribution in [2.45, 2.75) is 27.7 Å². The summed E-state index contributed by atoms with van der Waals surface area (Å²) in [7, 11) is 0. The maximum atomic E-state index is 6.10. The highest BCUT2D eigenvalue weighted by molar-refractivity contribution is 14.1. The van der Waals surface area contributed by atoms with Gasteiger partial charge < -0.3 is 4.42 Å². The van der Waals surface area contributed by atoms with Crippen LogP contribution in [-0.4, -0.2) is 0 Å². The van der Waals surface area contributed by atoms with E-state index >= 15 is 0 Å². The van der Waals surface area contributed by atoms with E-state index in [0.29, 0.717) is 0 Å². The predicted molar refractivity (Wildman–Crippen MR) is 85.4 cm³/mol. The minimum atomic E-state index is 1.03. The number of fused-ring (bicyclic) bond motifs is 3. The first-order valence-corrected chi connectivity index (χ1v) is 7.16. The van der Waals surface area contributed by atoms with E-state index in [1.807, 2.05) is 0 Å². The molecule has 2 aromatic carbocycles. The summed E-state index contributed by atoms with van der Waals surface area (Å²) in [5.74, 6) is 0. The lowest BCUT2D eigenvalue weighted by Gasteiger charge is -2.03. The summed E-state index contributed by atoms with van der Waals surface area (Å²) in [6.07, 6.45) is 0. The van der Waals surface area contributed by atoms with Crippen molar-refractivity contribution in [1.29, 1.82) is 0 Å². The summed E-state index contributed by atoms with van der Waals surface area (Å²) in [5.41, 5.74) is 7.20. The van der Waals surface area contributed by atoms with Crippen molar-refractivity contribution < 1.29 is 4.42 Å². The normalized spacial score (nSPS) is 11.6. The highest BCUT2D eigenvalue weighted by Crippen LogP contribution is 2.36. The van der Waals surface area contributed by atoms with Crippen molar-refractivity contribution in [3.05, 3.63) is 44.0 Å². The average molecular weight is 350 g/mol. The van der Waals surface area contributed by atoms with Gasteiger partial charge in [0.15, 0.2) is 0 Å². The molecule has 0 aliphatic heterocycles. The van der Waals surface area contributed by atoms with Gasteiger partial charge in [-0.1, -0.05) is 6.07 Å². The highest BCUT2D eigenvalue weighted by Gasteiger charge is 2.14. The van der Waals surface area contributed by atoms with Crippen LogP contribution in [0.2, 0.25) is 0 Å². The van der Waals surface area contributed by atoms with Gasteiger partial charge in [-0.15, -0.1) is 0 Å². The van der Waals surface area contributed by atoms with Gasteiger partial charge in [0, 0.05) is 10.8 Å². The van der Waals surface area contributed by atoms with Crippen LogP contribution in [0.4, 0.5) is 0 Å². The molecule has 0 saturated carbocycles. The fraction of sp³-hybridized carbons (Fsp3) is 0.250. The Labute approximate surface area is 120 Å². The summed E-state index contributed by atoms with van der Waals surface area (Å²) in [6, 6.07) is 6.65. The number of furan rings is 1. The Morgan fingerprint density at radius 3 is 2.22 bits per heavy atom. The number of aryl methyl sites for hydroxylation is 3. The van der Waals surface area contributed by atoms with Gasteiger partial charge >= 0.3 is 0 Å². The number of halogens is 1. The fourth-order valence-corrected chi connectivity index (χ4v) is 3.37. The molecule has 0 amide bonds. The molecule has 0 aliphatic carbocycles. The van der Waals surface area contributed by atoms with Crippen molar-refractivity contribution in [3.63, 3.8) is 0 Å². The van der Waals surface area contributed by atoms with Crippen molar-refractivity contribution >= 4 is 44.5 Å². The first kappa shape index (κ1) is 12.0. The van der Waals surface area contributed by atoms with Crippen LogP contribution in [0, 0.1) is 31.3 Å². The predicted octanol–water partition coefficient (Wildman–Crippen LogP) is 5.42. The van der Waals surface area contributed by atoms with Crippen molar-refractivity contribution in [3.8, 4) is 0 Å². The summed E-state index contributed by atoms with van der Waals surface area (Å²) in [6.45, 7) is 8.57. The third-order valence-corrected chi connectivity index (χ3v) is 4.94. The standard InChI is InChI=1S/C16H15IO/c1-8-5-10(3)15-12(6-8)13-7-9(2)11(4)14(17)16(13)18-15/h5-7H,1-4H3. The van der Waals surface area contributed by atoms with Gasteiger partial charge in [0.05, 0.1) is 3.57 Å². The van der Waals surface area contributed by atoms with Crippen LogP contribution in [0.5, 0.6) is 0 Å². The average Bonchev–Trinajstić information content (AvgIpc) is 2.66. The second kappa shape index (κ2) is 3.98. The van der Waals surface area contributed by atoms with Gasteiger partial charge in [0.1, 0.15) is 11.2 Å². The van der Waals surface area contributed by atoms with E-state index in [9.17, 15) is 0 Å². The van der Waals surface area contributed by atoms with Gasteiger partial charge in [0.2, 0.25) is 0 Å². The zero-order chi connectivity index (χ0) is 13.0. The first-order chi connectivity index (χ1) is 8.49. The largest absolute Gasteiger partial charge is 0.455 e. The number of rotatable bonds is 0. The minimum absolute atomic E-state index is 1.03. The molecule has 0 atom stereocenters. The third-order valence-electron chi connectivity index (χ3n) is 3.64. The Balaban J connectivity index is 2.60. The molecule has 0 unspecified atom stereocenters. The van der Waals surface area contributed by atoms with Crippen molar-refractivity contribution in [2.75, 3.05) is 0 Å². The second-order valence-electron chi connectivity index (χ2n) is 5.07. The molecule has 2 heteroatoms. The number of benzene rings is 2. The Kier molecular flexibility index (Phi) is 2.66. The van der Waals surface area contributed by atoms with E-state index in [4.69, 9.17) is 4.42 Å². The van der Waals surface area contributed by atoms with E-state index in [1.165, 1.54) is 36.6 Å². The van der Waals surface area contributed by atoms with E-state index in [1.54, 1.807) is 0 Å². The van der Waals surface area contributed by atoms with E-state index < -0.39 is 0 Å².